The number of nitrogens with zero attached hydrogens (tertiary/aromatic N) is 2. The van der Waals surface area contributed by atoms with E-state index in [2.05, 4.69) is 21.6 Å². The van der Waals surface area contributed by atoms with Crippen molar-refractivity contribution in [2.24, 2.45) is 0 Å². The molecule has 0 fully saturated rings. The van der Waals surface area contributed by atoms with Crippen LogP contribution in [0.4, 0.5) is 30.7 Å². The summed E-state index contributed by atoms with van der Waals surface area (Å²) in [5.41, 5.74) is -1.17. The minimum atomic E-state index is -4.59. The SMILES string of the molecule is CCCCCc1cnc(-c2ccc(-c3cc(F)c(C(F)(F)Oc4ccc(-c5ccc(Cl)c(F)c5)c(F)c4)c(F)c3)c(F)c2)nc1. The molecule has 0 atom stereocenters. The Bertz CT molecular complexity index is 1830. The van der Waals surface area contributed by atoms with Gasteiger partial charge in [-0.3, -0.25) is 0 Å². The van der Waals surface area contributed by atoms with Gasteiger partial charge in [-0.2, -0.15) is 8.78 Å². The van der Waals surface area contributed by atoms with Crippen LogP contribution in [0.2, 0.25) is 5.02 Å². The van der Waals surface area contributed by atoms with E-state index in [1.165, 1.54) is 24.3 Å². The average molecular weight is 645 g/mol. The van der Waals surface area contributed by atoms with Gasteiger partial charge in [0.2, 0.25) is 0 Å². The zero-order valence-corrected chi connectivity index (χ0v) is 24.4. The summed E-state index contributed by atoms with van der Waals surface area (Å²) < 4.78 is 108. The molecule has 232 valence electrons. The molecule has 0 saturated carbocycles. The second-order valence-electron chi connectivity index (χ2n) is 10.3. The van der Waals surface area contributed by atoms with Crippen molar-refractivity contribution in [2.75, 3.05) is 0 Å². The highest BCUT2D eigenvalue weighted by atomic mass is 35.5. The third-order valence-corrected chi connectivity index (χ3v) is 7.37. The standard InChI is InChI=1S/C34H24ClF7N2O/c1-2-3-4-5-19-17-43-33(44-18-19)21-6-9-25(27(36)13-21)22-14-30(39)32(31(40)15-22)34(41,42)45-23-8-10-24(28(37)16-23)20-7-11-26(35)29(38)12-20/h6-18H,2-5H2,1H3. The van der Waals surface area contributed by atoms with Gasteiger partial charge in [-0.1, -0.05) is 49.6 Å². The van der Waals surface area contributed by atoms with Gasteiger partial charge in [-0.05, 0) is 72.0 Å². The largest absolute Gasteiger partial charge is 0.432 e. The number of ether oxygens (including phenoxy) is 1. The molecule has 1 aromatic heterocycles. The van der Waals surface area contributed by atoms with E-state index in [0.29, 0.717) is 23.8 Å². The van der Waals surface area contributed by atoms with Crippen LogP contribution < -0.4 is 4.74 Å². The van der Waals surface area contributed by atoms with Crippen molar-refractivity contribution in [1.29, 1.82) is 0 Å². The molecule has 0 aliphatic rings. The Balaban J connectivity index is 1.36. The van der Waals surface area contributed by atoms with Gasteiger partial charge in [0.25, 0.3) is 0 Å². The third-order valence-electron chi connectivity index (χ3n) is 7.06. The van der Waals surface area contributed by atoms with Gasteiger partial charge in [0, 0.05) is 35.2 Å². The van der Waals surface area contributed by atoms with Crippen molar-refractivity contribution in [3.8, 4) is 39.4 Å². The molecule has 0 amide bonds. The maximum Gasteiger partial charge on any atom is 0.432 e. The Morgan fingerprint density at radius 2 is 1.24 bits per heavy atom. The van der Waals surface area contributed by atoms with Gasteiger partial charge in [0.1, 0.15) is 40.4 Å². The van der Waals surface area contributed by atoms with Crippen LogP contribution in [0.25, 0.3) is 33.6 Å². The van der Waals surface area contributed by atoms with E-state index in [4.69, 9.17) is 11.6 Å². The van der Waals surface area contributed by atoms with Gasteiger partial charge in [-0.15, -0.1) is 0 Å². The molecule has 0 aliphatic carbocycles. The van der Waals surface area contributed by atoms with E-state index < -0.39 is 46.5 Å². The Morgan fingerprint density at radius 1 is 0.667 bits per heavy atom. The molecular weight excluding hydrogens is 621 g/mol. The predicted molar refractivity (Wildman–Crippen MR) is 157 cm³/mol. The molecule has 5 aromatic rings. The molecule has 11 heteroatoms. The van der Waals surface area contributed by atoms with Crippen LogP contribution >= 0.6 is 11.6 Å². The molecule has 5 rings (SSSR count). The molecule has 0 bridgehead atoms. The highest BCUT2D eigenvalue weighted by Crippen LogP contribution is 2.39. The number of rotatable bonds is 10. The molecule has 0 aliphatic heterocycles. The minimum Gasteiger partial charge on any atom is -0.429 e. The number of alkyl halides is 2. The highest BCUT2D eigenvalue weighted by Gasteiger charge is 2.41. The summed E-state index contributed by atoms with van der Waals surface area (Å²) in [6.07, 6.45) is 2.67. The fourth-order valence-corrected chi connectivity index (χ4v) is 4.88. The summed E-state index contributed by atoms with van der Waals surface area (Å²) in [5.74, 6) is -6.70. The van der Waals surface area contributed by atoms with Gasteiger partial charge in [-0.25, -0.2) is 31.9 Å². The smallest absolute Gasteiger partial charge is 0.429 e. The Hall–Kier alpha value is -4.44. The molecule has 0 saturated heterocycles. The number of hydrogen-bond donors (Lipinski definition) is 0. The second-order valence-corrected chi connectivity index (χ2v) is 10.7. The Kier molecular flexibility index (Phi) is 9.43. The van der Waals surface area contributed by atoms with Gasteiger partial charge < -0.3 is 4.74 Å². The van der Waals surface area contributed by atoms with Crippen molar-refractivity contribution in [3.05, 3.63) is 124 Å². The molecule has 45 heavy (non-hydrogen) atoms. The van der Waals surface area contributed by atoms with Crippen LogP contribution in [-0.2, 0) is 12.5 Å². The Morgan fingerprint density at radius 3 is 1.87 bits per heavy atom. The zero-order valence-electron chi connectivity index (χ0n) is 23.7. The maximum atomic E-state index is 15.1. The third kappa shape index (κ3) is 7.12. The minimum absolute atomic E-state index is 0.0730. The molecule has 4 aromatic carbocycles. The molecule has 3 nitrogen and oxygen atoms in total. The average Bonchev–Trinajstić information content (AvgIpc) is 2.98. The maximum absolute atomic E-state index is 15.1. The van der Waals surface area contributed by atoms with Gasteiger partial charge >= 0.3 is 6.11 Å². The van der Waals surface area contributed by atoms with E-state index in [1.54, 1.807) is 12.4 Å². The van der Waals surface area contributed by atoms with Crippen molar-refractivity contribution in [1.82, 2.24) is 9.97 Å². The van der Waals surface area contributed by atoms with Gasteiger partial charge in [0.15, 0.2) is 5.82 Å². The summed E-state index contributed by atoms with van der Waals surface area (Å²) in [4.78, 5) is 8.53. The quantitative estimate of drug-likeness (QED) is 0.112. The van der Waals surface area contributed by atoms with E-state index in [-0.39, 0.29) is 33.1 Å². The second kappa shape index (κ2) is 13.3. The number of halogens is 8. The van der Waals surface area contributed by atoms with Crippen molar-refractivity contribution < 1.29 is 35.5 Å². The topological polar surface area (TPSA) is 35.0 Å². The molecule has 0 spiro atoms. The van der Waals surface area contributed by atoms with Crippen molar-refractivity contribution >= 4 is 11.6 Å². The summed E-state index contributed by atoms with van der Waals surface area (Å²) in [6, 6.07) is 10.9. The predicted octanol–water partition coefficient (Wildman–Crippen LogP) is 10.7. The highest BCUT2D eigenvalue weighted by molar-refractivity contribution is 6.30. The lowest BCUT2D eigenvalue weighted by molar-refractivity contribution is -0.189. The lowest BCUT2D eigenvalue weighted by atomic mass is 10.00. The first-order valence-corrected chi connectivity index (χ1v) is 14.3. The number of unbranched alkanes of at least 4 members (excludes halogenated alkanes) is 2. The number of aromatic nitrogens is 2. The van der Waals surface area contributed by atoms with Crippen LogP contribution in [0, 0.1) is 29.1 Å². The van der Waals surface area contributed by atoms with E-state index in [0.717, 1.165) is 55.5 Å². The van der Waals surface area contributed by atoms with Crippen molar-refractivity contribution in [3.63, 3.8) is 0 Å². The van der Waals surface area contributed by atoms with Crippen LogP contribution in [0.15, 0.2) is 79.1 Å². The molecule has 0 radical (unpaired) electrons. The first kappa shape index (κ1) is 32.0. The van der Waals surface area contributed by atoms with Crippen LogP contribution in [0.3, 0.4) is 0 Å². The number of benzene rings is 4. The molecule has 0 N–H and O–H groups in total. The van der Waals surface area contributed by atoms with E-state index in [9.17, 15) is 17.6 Å². The first-order chi connectivity index (χ1) is 21.5. The summed E-state index contributed by atoms with van der Waals surface area (Å²) >= 11 is 5.63. The normalized spacial score (nSPS) is 11.6. The van der Waals surface area contributed by atoms with E-state index in [1.807, 2.05) is 0 Å². The van der Waals surface area contributed by atoms with Crippen LogP contribution in [0.5, 0.6) is 5.75 Å². The number of hydrogen-bond acceptors (Lipinski definition) is 3. The number of aryl methyl sites for hydroxylation is 1. The zero-order chi connectivity index (χ0) is 32.3. The first-order valence-electron chi connectivity index (χ1n) is 13.9. The lowest BCUT2D eigenvalue weighted by Crippen LogP contribution is -2.25. The Labute approximate surface area is 259 Å². The van der Waals surface area contributed by atoms with Crippen molar-refractivity contribution in [2.45, 2.75) is 38.7 Å². The molecular formula is C34H24ClF7N2O. The van der Waals surface area contributed by atoms with Crippen LogP contribution in [0.1, 0.15) is 37.3 Å². The molecule has 0 unspecified atom stereocenters. The summed E-state index contributed by atoms with van der Waals surface area (Å²) in [6.45, 7) is 2.10. The monoisotopic (exact) mass is 644 g/mol. The van der Waals surface area contributed by atoms with Gasteiger partial charge in [0.05, 0.1) is 5.02 Å². The summed E-state index contributed by atoms with van der Waals surface area (Å²) in [7, 11) is 0. The lowest BCUT2D eigenvalue weighted by Gasteiger charge is -2.20. The fraction of sp³-hybridized carbons (Fsp3) is 0.176. The van der Waals surface area contributed by atoms with E-state index >= 15 is 13.2 Å². The summed E-state index contributed by atoms with van der Waals surface area (Å²) in [5, 5.41) is -0.193. The van der Waals surface area contributed by atoms with Crippen LogP contribution in [-0.4, -0.2) is 9.97 Å². The molecule has 1 heterocycles. The fourth-order valence-electron chi connectivity index (χ4n) is 4.76.